The number of carbonyl (C=O) groups excluding carboxylic acids is 1. The number of nitrogens with zero attached hydrogens (tertiary/aromatic N) is 2. The average molecular weight is 338 g/mol. The quantitative estimate of drug-likeness (QED) is 0.304. The minimum Gasteiger partial charge on any atom is -0.494 e. The SMILES string of the molecule is CCOc1ccc(C(=O)Oc2c([N+](=O)[O-])ccc3cccnc23)cc1. The van der Waals surface area contributed by atoms with E-state index in [1.54, 1.807) is 30.3 Å². The number of hydrogen-bond donors (Lipinski definition) is 0. The predicted molar refractivity (Wildman–Crippen MR) is 91.0 cm³/mol. The van der Waals surface area contributed by atoms with Gasteiger partial charge in [0.25, 0.3) is 0 Å². The summed E-state index contributed by atoms with van der Waals surface area (Å²) in [7, 11) is 0. The van der Waals surface area contributed by atoms with Crippen LogP contribution < -0.4 is 9.47 Å². The molecule has 0 saturated heterocycles. The van der Waals surface area contributed by atoms with Crippen LogP contribution in [-0.2, 0) is 0 Å². The summed E-state index contributed by atoms with van der Waals surface area (Å²) in [6.07, 6.45) is 1.49. The first kappa shape index (κ1) is 16.4. The highest BCUT2D eigenvalue weighted by molar-refractivity contribution is 5.96. The Hall–Kier alpha value is -3.48. The van der Waals surface area contributed by atoms with E-state index in [4.69, 9.17) is 9.47 Å². The molecule has 2 aromatic carbocycles. The number of fused-ring (bicyclic) bond motifs is 1. The Morgan fingerprint density at radius 2 is 1.92 bits per heavy atom. The normalized spacial score (nSPS) is 10.4. The second kappa shape index (κ2) is 6.96. The van der Waals surface area contributed by atoms with Gasteiger partial charge >= 0.3 is 11.7 Å². The summed E-state index contributed by atoms with van der Waals surface area (Å²) in [6, 6.07) is 12.6. The highest BCUT2D eigenvalue weighted by Gasteiger charge is 2.22. The summed E-state index contributed by atoms with van der Waals surface area (Å²) < 4.78 is 10.6. The fourth-order valence-corrected chi connectivity index (χ4v) is 2.36. The van der Waals surface area contributed by atoms with Gasteiger partial charge in [0.2, 0.25) is 5.75 Å². The molecule has 0 aliphatic carbocycles. The van der Waals surface area contributed by atoms with Crippen molar-refractivity contribution in [1.29, 1.82) is 0 Å². The number of carbonyl (C=O) groups is 1. The molecule has 0 saturated carbocycles. The lowest BCUT2D eigenvalue weighted by Gasteiger charge is -2.08. The van der Waals surface area contributed by atoms with Gasteiger partial charge in [0.05, 0.1) is 17.1 Å². The molecule has 7 nitrogen and oxygen atoms in total. The largest absolute Gasteiger partial charge is 0.494 e. The van der Waals surface area contributed by atoms with Gasteiger partial charge in [-0.3, -0.25) is 15.1 Å². The zero-order valence-corrected chi connectivity index (χ0v) is 13.3. The van der Waals surface area contributed by atoms with Crippen LogP contribution in [0.2, 0.25) is 0 Å². The Labute approximate surface area is 143 Å². The molecule has 0 bridgehead atoms. The maximum atomic E-state index is 12.4. The lowest BCUT2D eigenvalue weighted by atomic mass is 10.1. The molecule has 3 rings (SSSR count). The highest BCUT2D eigenvalue weighted by Crippen LogP contribution is 2.34. The Morgan fingerprint density at radius 1 is 1.16 bits per heavy atom. The molecule has 0 amide bonds. The third kappa shape index (κ3) is 3.40. The number of benzene rings is 2. The molecular weight excluding hydrogens is 324 g/mol. The van der Waals surface area contributed by atoms with Gasteiger partial charge in [-0.05, 0) is 43.3 Å². The maximum Gasteiger partial charge on any atom is 0.343 e. The molecule has 126 valence electrons. The standard InChI is InChI=1S/C18H14N2O5/c1-2-24-14-8-5-13(6-9-14)18(21)25-17-15(20(22)23)10-7-12-4-3-11-19-16(12)17/h3-11H,2H2,1H3. The number of nitro benzene ring substituents is 1. The number of rotatable bonds is 5. The van der Waals surface area contributed by atoms with E-state index in [9.17, 15) is 14.9 Å². The first-order chi connectivity index (χ1) is 12.1. The van der Waals surface area contributed by atoms with Crippen LogP contribution in [0.1, 0.15) is 17.3 Å². The van der Waals surface area contributed by atoms with Crippen molar-refractivity contribution in [2.45, 2.75) is 6.92 Å². The number of aromatic nitrogens is 1. The molecule has 0 spiro atoms. The van der Waals surface area contributed by atoms with Crippen LogP contribution in [-0.4, -0.2) is 22.5 Å². The molecule has 1 aromatic heterocycles. The summed E-state index contributed by atoms with van der Waals surface area (Å²) in [5, 5.41) is 11.9. The number of ether oxygens (including phenoxy) is 2. The van der Waals surface area contributed by atoms with Gasteiger partial charge in [0, 0.05) is 17.6 Å². The summed E-state index contributed by atoms with van der Waals surface area (Å²) >= 11 is 0. The van der Waals surface area contributed by atoms with Crippen LogP contribution >= 0.6 is 0 Å². The number of nitro groups is 1. The molecule has 0 fully saturated rings. The predicted octanol–water partition coefficient (Wildman–Crippen LogP) is 3.76. The zero-order valence-electron chi connectivity index (χ0n) is 13.3. The van der Waals surface area contributed by atoms with Crippen LogP contribution in [0.5, 0.6) is 11.5 Å². The smallest absolute Gasteiger partial charge is 0.343 e. The van der Waals surface area contributed by atoms with Crippen molar-refractivity contribution in [1.82, 2.24) is 4.98 Å². The average Bonchev–Trinajstić information content (AvgIpc) is 2.62. The van der Waals surface area contributed by atoms with E-state index in [1.807, 2.05) is 6.92 Å². The molecule has 25 heavy (non-hydrogen) atoms. The lowest BCUT2D eigenvalue weighted by molar-refractivity contribution is -0.385. The molecule has 0 atom stereocenters. The van der Waals surface area contributed by atoms with Crippen molar-refractivity contribution in [3.05, 3.63) is 70.4 Å². The van der Waals surface area contributed by atoms with Crippen LogP contribution in [0.15, 0.2) is 54.7 Å². The number of esters is 1. The van der Waals surface area contributed by atoms with Gasteiger partial charge in [0.1, 0.15) is 11.3 Å². The molecule has 0 N–H and O–H groups in total. The highest BCUT2D eigenvalue weighted by atomic mass is 16.6. The lowest BCUT2D eigenvalue weighted by Crippen LogP contribution is -2.10. The van der Waals surface area contributed by atoms with Gasteiger partial charge in [-0.1, -0.05) is 6.07 Å². The molecule has 0 aliphatic heterocycles. The van der Waals surface area contributed by atoms with E-state index in [0.717, 1.165) is 0 Å². The fraction of sp³-hybridized carbons (Fsp3) is 0.111. The Morgan fingerprint density at radius 3 is 2.60 bits per heavy atom. The summed E-state index contributed by atoms with van der Waals surface area (Å²) in [5.74, 6) is -0.247. The molecular formula is C18H14N2O5. The fourth-order valence-electron chi connectivity index (χ4n) is 2.36. The van der Waals surface area contributed by atoms with E-state index < -0.39 is 10.9 Å². The molecule has 7 heteroatoms. The monoisotopic (exact) mass is 338 g/mol. The van der Waals surface area contributed by atoms with Crippen LogP contribution in [0.25, 0.3) is 10.9 Å². The molecule has 0 unspecified atom stereocenters. The first-order valence-corrected chi connectivity index (χ1v) is 7.57. The van der Waals surface area contributed by atoms with Crippen molar-refractivity contribution in [3.8, 4) is 11.5 Å². The Bertz CT molecular complexity index is 938. The van der Waals surface area contributed by atoms with Gasteiger partial charge in [-0.15, -0.1) is 0 Å². The van der Waals surface area contributed by atoms with E-state index >= 15 is 0 Å². The van der Waals surface area contributed by atoms with E-state index in [-0.39, 0.29) is 22.5 Å². The molecule has 0 aliphatic rings. The van der Waals surface area contributed by atoms with Crippen molar-refractivity contribution < 1.29 is 19.2 Å². The van der Waals surface area contributed by atoms with Crippen LogP contribution in [0, 0.1) is 10.1 Å². The van der Waals surface area contributed by atoms with E-state index in [2.05, 4.69) is 4.98 Å². The second-order valence-electron chi connectivity index (χ2n) is 5.09. The van der Waals surface area contributed by atoms with Crippen LogP contribution in [0.3, 0.4) is 0 Å². The number of pyridine rings is 1. The van der Waals surface area contributed by atoms with Gasteiger partial charge in [-0.2, -0.15) is 0 Å². The van der Waals surface area contributed by atoms with Gasteiger partial charge in [-0.25, -0.2) is 4.79 Å². The summed E-state index contributed by atoms with van der Waals surface area (Å²) in [4.78, 5) is 27.2. The zero-order chi connectivity index (χ0) is 17.8. The molecule has 0 radical (unpaired) electrons. The first-order valence-electron chi connectivity index (χ1n) is 7.57. The topological polar surface area (TPSA) is 91.6 Å². The van der Waals surface area contributed by atoms with Gasteiger partial charge < -0.3 is 9.47 Å². The summed E-state index contributed by atoms with van der Waals surface area (Å²) in [5.41, 5.74) is 0.201. The van der Waals surface area contributed by atoms with E-state index in [0.29, 0.717) is 17.7 Å². The van der Waals surface area contributed by atoms with Crippen molar-refractivity contribution in [2.24, 2.45) is 0 Å². The van der Waals surface area contributed by atoms with E-state index in [1.165, 1.54) is 24.4 Å². The van der Waals surface area contributed by atoms with Crippen LogP contribution in [0.4, 0.5) is 5.69 Å². The Balaban J connectivity index is 1.97. The van der Waals surface area contributed by atoms with Crippen molar-refractivity contribution in [2.75, 3.05) is 6.61 Å². The van der Waals surface area contributed by atoms with Crippen molar-refractivity contribution in [3.63, 3.8) is 0 Å². The molecule has 1 heterocycles. The molecule has 3 aromatic rings. The summed E-state index contributed by atoms with van der Waals surface area (Å²) in [6.45, 7) is 2.37. The third-order valence-corrected chi connectivity index (χ3v) is 3.50. The minimum absolute atomic E-state index is 0.165. The third-order valence-electron chi connectivity index (χ3n) is 3.50. The second-order valence-corrected chi connectivity index (χ2v) is 5.09. The minimum atomic E-state index is -0.704. The Kier molecular flexibility index (Phi) is 4.56. The maximum absolute atomic E-state index is 12.4. The van der Waals surface area contributed by atoms with Gasteiger partial charge in [0.15, 0.2) is 0 Å². The van der Waals surface area contributed by atoms with Crippen molar-refractivity contribution >= 4 is 22.6 Å². The number of hydrogen-bond acceptors (Lipinski definition) is 6.